The van der Waals surface area contributed by atoms with Gasteiger partial charge in [0.15, 0.2) is 5.82 Å². The standard InChI is InChI=1S/C23H20F4N4O/c1-22(2)9-11-31(21(32)30-19-8-10-28-13-17(19)24)20-16(22)6-7-18(29-20)14-4-3-5-15(12-14)23(25,26)27/h3-8,10,12-13H,9,11H2,1-2H3,(H,28,30,32). The highest BCUT2D eigenvalue weighted by molar-refractivity contribution is 6.02. The molecule has 3 aromatic rings. The van der Waals surface area contributed by atoms with Crippen LogP contribution >= 0.6 is 0 Å². The van der Waals surface area contributed by atoms with Gasteiger partial charge in [-0.05, 0) is 36.1 Å². The van der Waals surface area contributed by atoms with Gasteiger partial charge in [-0.1, -0.05) is 32.0 Å². The summed E-state index contributed by atoms with van der Waals surface area (Å²) in [7, 11) is 0. The van der Waals surface area contributed by atoms with Crippen LogP contribution in [0.2, 0.25) is 0 Å². The van der Waals surface area contributed by atoms with Gasteiger partial charge < -0.3 is 5.32 Å². The van der Waals surface area contributed by atoms with Gasteiger partial charge in [0.1, 0.15) is 5.82 Å². The van der Waals surface area contributed by atoms with Gasteiger partial charge in [-0.2, -0.15) is 13.2 Å². The zero-order valence-corrected chi connectivity index (χ0v) is 17.4. The number of pyridine rings is 2. The largest absolute Gasteiger partial charge is 0.416 e. The molecule has 166 valence electrons. The number of alkyl halides is 3. The quantitative estimate of drug-likeness (QED) is 0.492. The van der Waals surface area contributed by atoms with Gasteiger partial charge in [-0.3, -0.25) is 9.88 Å². The highest BCUT2D eigenvalue weighted by Crippen LogP contribution is 2.40. The van der Waals surface area contributed by atoms with E-state index >= 15 is 0 Å². The molecule has 1 aromatic carbocycles. The fourth-order valence-electron chi connectivity index (χ4n) is 3.69. The smallest absolute Gasteiger partial charge is 0.305 e. The molecule has 2 aromatic heterocycles. The Labute approximate surface area is 182 Å². The lowest BCUT2D eigenvalue weighted by Gasteiger charge is -2.38. The van der Waals surface area contributed by atoms with Crippen molar-refractivity contribution >= 4 is 17.5 Å². The van der Waals surface area contributed by atoms with Crippen LogP contribution in [-0.2, 0) is 11.6 Å². The van der Waals surface area contributed by atoms with Crippen molar-refractivity contribution in [3.63, 3.8) is 0 Å². The van der Waals surface area contributed by atoms with Crippen LogP contribution in [0.25, 0.3) is 11.3 Å². The van der Waals surface area contributed by atoms with Gasteiger partial charge >= 0.3 is 12.2 Å². The van der Waals surface area contributed by atoms with E-state index in [1.165, 1.54) is 29.3 Å². The molecule has 0 bridgehead atoms. The predicted octanol–water partition coefficient (Wildman–Crippen LogP) is 6.02. The lowest BCUT2D eigenvalue weighted by atomic mass is 9.79. The minimum Gasteiger partial charge on any atom is -0.305 e. The van der Waals surface area contributed by atoms with Crippen LogP contribution < -0.4 is 10.2 Å². The van der Waals surface area contributed by atoms with Gasteiger partial charge in [-0.25, -0.2) is 14.2 Å². The molecule has 0 fully saturated rings. The molecule has 0 aliphatic carbocycles. The maximum absolute atomic E-state index is 14.0. The Hall–Kier alpha value is -3.49. The first-order valence-electron chi connectivity index (χ1n) is 9.93. The zero-order chi connectivity index (χ0) is 23.1. The van der Waals surface area contributed by atoms with Crippen molar-refractivity contribution in [3.8, 4) is 11.3 Å². The van der Waals surface area contributed by atoms with Crippen LogP contribution in [0, 0.1) is 5.82 Å². The number of anilines is 2. The third-order valence-corrected chi connectivity index (χ3v) is 5.57. The molecule has 1 aliphatic rings. The van der Waals surface area contributed by atoms with Crippen LogP contribution in [-0.4, -0.2) is 22.5 Å². The second-order valence-electron chi connectivity index (χ2n) is 8.22. The lowest BCUT2D eigenvalue weighted by Crippen LogP contribution is -2.44. The van der Waals surface area contributed by atoms with Crippen LogP contribution in [0.1, 0.15) is 31.4 Å². The van der Waals surface area contributed by atoms with E-state index in [9.17, 15) is 22.4 Å². The number of halogens is 4. The second-order valence-corrected chi connectivity index (χ2v) is 8.22. The van der Waals surface area contributed by atoms with Gasteiger partial charge in [-0.15, -0.1) is 0 Å². The average molecular weight is 444 g/mol. The molecule has 0 saturated carbocycles. The van der Waals surface area contributed by atoms with Gasteiger partial charge in [0.05, 0.1) is 23.1 Å². The van der Waals surface area contributed by atoms with E-state index in [4.69, 9.17) is 0 Å². The maximum atomic E-state index is 14.0. The van der Waals surface area contributed by atoms with Crippen molar-refractivity contribution in [2.45, 2.75) is 31.9 Å². The predicted molar refractivity (Wildman–Crippen MR) is 113 cm³/mol. The number of amides is 2. The molecule has 32 heavy (non-hydrogen) atoms. The van der Waals surface area contributed by atoms with Gasteiger partial charge in [0.25, 0.3) is 0 Å². The van der Waals surface area contributed by atoms with Crippen molar-refractivity contribution in [1.29, 1.82) is 0 Å². The third kappa shape index (κ3) is 4.15. The summed E-state index contributed by atoms with van der Waals surface area (Å²) in [6.45, 7) is 4.34. The Bertz CT molecular complexity index is 1180. The minimum atomic E-state index is -4.48. The van der Waals surface area contributed by atoms with E-state index in [0.717, 1.165) is 23.9 Å². The summed E-state index contributed by atoms with van der Waals surface area (Å²) in [6, 6.07) is 9.07. The molecule has 1 aliphatic heterocycles. The molecule has 0 atom stereocenters. The summed E-state index contributed by atoms with van der Waals surface area (Å²) in [6.07, 6.45) is -1.49. The Morgan fingerprint density at radius 2 is 1.94 bits per heavy atom. The molecule has 2 amide bonds. The van der Waals surface area contributed by atoms with Crippen LogP contribution in [0.5, 0.6) is 0 Å². The average Bonchev–Trinajstić information content (AvgIpc) is 2.74. The van der Waals surface area contributed by atoms with Crippen LogP contribution in [0.3, 0.4) is 0 Å². The van der Waals surface area contributed by atoms with E-state index in [-0.39, 0.29) is 16.7 Å². The Balaban J connectivity index is 1.74. The van der Waals surface area contributed by atoms with Crippen molar-refractivity contribution < 1.29 is 22.4 Å². The molecule has 0 saturated heterocycles. The Morgan fingerprint density at radius 3 is 2.66 bits per heavy atom. The molecule has 3 heterocycles. The first-order chi connectivity index (χ1) is 15.1. The number of nitrogens with zero attached hydrogens (tertiary/aromatic N) is 3. The van der Waals surface area contributed by atoms with Crippen LogP contribution in [0.4, 0.5) is 33.9 Å². The SMILES string of the molecule is CC1(C)CCN(C(=O)Nc2ccncc2F)c2nc(-c3cccc(C(F)(F)F)c3)ccc21. The number of hydrogen-bond acceptors (Lipinski definition) is 3. The summed E-state index contributed by atoms with van der Waals surface area (Å²) in [4.78, 5) is 22.6. The number of rotatable bonds is 2. The summed E-state index contributed by atoms with van der Waals surface area (Å²) >= 11 is 0. The summed E-state index contributed by atoms with van der Waals surface area (Å²) in [5.41, 5.74) is 0.271. The fourth-order valence-corrected chi connectivity index (χ4v) is 3.69. The van der Waals surface area contributed by atoms with E-state index in [1.54, 1.807) is 12.1 Å². The normalized spacial score (nSPS) is 15.2. The van der Waals surface area contributed by atoms with E-state index < -0.39 is 23.6 Å². The van der Waals surface area contributed by atoms with E-state index in [2.05, 4.69) is 15.3 Å². The molecule has 0 spiro atoms. The minimum absolute atomic E-state index is 0.0228. The van der Waals surface area contributed by atoms with Gasteiger partial charge in [0.2, 0.25) is 0 Å². The maximum Gasteiger partial charge on any atom is 0.416 e. The number of aromatic nitrogens is 2. The molecule has 0 unspecified atom stereocenters. The molecular weight excluding hydrogens is 424 g/mol. The van der Waals surface area contributed by atoms with Gasteiger partial charge in [0, 0.05) is 23.9 Å². The number of nitrogens with one attached hydrogen (secondary N) is 1. The summed E-state index contributed by atoms with van der Waals surface area (Å²) < 4.78 is 53.4. The lowest BCUT2D eigenvalue weighted by molar-refractivity contribution is -0.137. The Morgan fingerprint density at radius 1 is 1.16 bits per heavy atom. The monoisotopic (exact) mass is 444 g/mol. The zero-order valence-electron chi connectivity index (χ0n) is 17.4. The van der Waals surface area contributed by atoms with E-state index in [1.807, 2.05) is 13.8 Å². The molecule has 4 rings (SSSR count). The molecule has 1 N–H and O–H groups in total. The Kier molecular flexibility index (Phi) is 5.36. The topological polar surface area (TPSA) is 58.1 Å². The molecule has 5 nitrogen and oxygen atoms in total. The second kappa shape index (κ2) is 7.89. The van der Waals surface area contributed by atoms with Crippen molar-refractivity contribution in [1.82, 2.24) is 9.97 Å². The number of benzene rings is 1. The van der Waals surface area contributed by atoms with Crippen LogP contribution in [0.15, 0.2) is 54.9 Å². The number of fused-ring (bicyclic) bond motifs is 1. The van der Waals surface area contributed by atoms with E-state index in [0.29, 0.717) is 24.5 Å². The number of carbonyl (C=O) groups excluding carboxylic acids is 1. The molecule has 0 radical (unpaired) electrons. The first kappa shape index (κ1) is 21.7. The number of urea groups is 1. The number of hydrogen-bond donors (Lipinski definition) is 1. The summed E-state index contributed by atoms with van der Waals surface area (Å²) in [5, 5.41) is 2.52. The molecular formula is C23H20F4N4O. The summed E-state index contributed by atoms with van der Waals surface area (Å²) in [5.74, 6) is -0.341. The van der Waals surface area contributed by atoms with Crippen molar-refractivity contribution in [2.75, 3.05) is 16.8 Å². The first-order valence-corrected chi connectivity index (χ1v) is 9.93. The third-order valence-electron chi connectivity index (χ3n) is 5.57. The molecule has 9 heteroatoms. The number of carbonyl (C=O) groups is 1. The highest BCUT2D eigenvalue weighted by atomic mass is 19.4. The fraction of sp³-hybridized carbons (Fsp3) is 0.261. The van der Waals surface area contributed by atoms with Crippen molar-refractivity contribution in [2.24, 2.45) is 0 Å². The highest BCUT2D eigenvalue weighted by Gasteiger charge is 2.36. The van der Waals surface area contributed by atoms with Crippen molar-refractivity contribution in [3.05, 3.63) is 71.8 Å².